The van der Waals surface area contributed by atoms with E-state index in [0.717, 1.165) is 5.56 Å². The van der Waals surface area contributed by atoms with E-state index >= 15 is 0 Å². The average molecular weight is 246 g/mol. The third-order valence-corrected chi connectivity index (χ3v) is 2.38. The zero-order valence-electron chi connectivity index (χ0n) is 10.2. The Hall–Kier alpha value is -2.17. The molecular weight excluding hydrogens is 231 g/mol. The maximum Gasteiger partial charge on any atom is 0.224 e. The van der Waals surface area contributed by atoms with Crippen molar-refractivity contribution >= 4 is 11.8 Å². The van der Waals surface area contributed by atoms with Crippen LogP contribution in [0.2, 0.25) is 0 Å². The van der Waals surface area contributed by atoms with Gasteiger partial charge in [-0.25, -0.2) is 9.37 Å². The van der Waals surface area contributed by atoms with Crippen molar-refractivity contribution in [3.8, 4) is 0 Å². The molecule has 0 bridgehead atoms. The average Bonchev–Trinajstić information content (AvgIpc) is 2.41. The highest BCUT2D eigenvalue weighted by Gasteiger charge is 2.05. The Labute approximate surface area is 105 Å². The van der Waals surface area contributed by atoms with Crippen LogP contribution in [0, 0.1) is 5.82 Å². The van der Waals surface area contributed by atoms with Crippen molar-refractivity contribution in [2.45, 2.75) is 13.5 Å². The molecule has 2 N–H and O–H groups in total. The van der Waals surface area contributed by atoms with Gasteiger partial charge < -0.3 is 10.6 Å². The summed E-state index contributed by atoms with van der Waals surface area (Å²) in [6.07, 6.45) is 1.16. The van der Waals surface area contributed by atoms with Gasteiger partial charge in [0.15, 0.2) is 11.6 Å². The van der Waals surface area contributed by atoms with Crippen molar-refractivity contribution in [2.24, 2.45) is 0 Å². The second kappa shape index (κ2) is 5.95. The Kier molecular flexibility index (Phi) is 4.06. The lowest BCUT2D eigenvalue weighted by Crippen LogP contribution is -2.08. The Bertz CT molecular complexity index is 502. The minimum absolute atomic E-state index is 0.213. The second-order valence-electron chi connectivity index (χ2n) is 3.76. The molecule has 0 radical (unpaired) electrons. The fourth-order valence-corrected chi connectivity index (χ4v) is 1.52. The molecular formula is C13H15FN4. The van der Waals surface area contributed by atoms with E-state index in [9.17, 15) is 4.39 Å². The molecule has 18 heavy (non-hydrogen) atoms. The molecule has 0 fully saturated rings. The first-order valence-corrected chi connectivity index (χ1v) is 5.84. The van der Waals surface area contributed by atoms with E-state index in [2.05, 4.69) is 20.6 Å². The molecule has 0 aliphatic heterocycles. The molecule has 1 aromatic heterocycles. The van der Waals surface area contributed by atoms with Crippen LogP contribution >= 0.6 is 0 Å². The van der Waals surface area contributed by atoms with Crippen molar-refractivity contribution in [3.05, 3.63) is 47.9 Å². The molecule has 1 aromatic carbocycles. The van der Waals surface area contributed by atoms with Gasteiger partial charge in [0.1, 0.15) is 0 Å². The first-order chi connectivity index (χ1) is 8.79. The van der Waals surface area contributed by atoms with Gasteiger partial charge in [0.25, 0.3) is 0 Å². The van der Waals surface area contributed by atoms with E-state index in [4.69, 9.17) is 0 Å². The quantitative estimate of drug-likeness (QED) is 0.851. The summed E-state index contributed by atoms with van der Waals surface area (Å²) in [6, 6.07) is 9.77. The van der Waals surface area contributed by atoms with Crippen molar-refractivity contribution in [1.29, 1.82) is 0 Å². The second-order valence-corrected chi connectivity index (χ2v) is 3.76. The van der Waals surface area contributed by atoms with E-state index in [0.29, 0.717) is 19.0 Å². The largest absolute Gasteiger partial charge is 0.363 e. The van der Waals surface area contributed by atoms with Gasteiger partial charge in [0.05, 0.1) is 6.20 Å². The van der Waals surface area contributed by atoms with Crippen LogP contribution in [0.3, 0.4) is 0 Å². The van der Waals surface area contributed by atoms with Crippen LogP contribution in [0.5, 0.6) is 0 Å². The van der Waals surface area contributed by atoms with Crippen LogP contribution in [-0.4, -0.2) is 16.5 Å². The smallest absolute Gasteiger partial charge is 0.224 e. The van der Waals surface area contributed by atoms with E-state index in [-0.39, 0.29) is 5.82 Å². The van der Waals surface area contributed by atoms with Gasteiger partial charge in [0, 0.05) is 13.1 Å². The number of hydrogen-bond acceptors (Lipinski definition) is 4. The monoisotopic (exact) mass is 246 g/mol. The number of nitrogens with zero attached hydrogens (tertiary/aromatic N) is 2. The molecule has 0 saturated heterocycles. The molecule has 0 aliphatic carbocycles. The normalized spacial score (nSPS) is 10.1. The summed E-state index contributed by atoms with van der Waals surface area (Å²) in [5, 5.41) is 5.91. The Morgan fingerprint density at radius 2 is 1.94 bits per heavy atom. The summed E-state index contributed by atoms with van der Waals surface area (Å²) in [5.74, 6) is 0.187. The zero-order valence-corrected chi connectivity index (χ0v) is 10.2. The van der Waals surface area contributed by atoms with Crippen LogP contribution in [-0.2, 0) is 6.54 Å². The minimum atomic E-state index is -0.451. The van der Waals surface area contributed by atoms with Crippen molar-refractivity contribution in [3.63, 3.8) is 0 Å². The SMILES string of the molecule is CCNc1ncc(F)c(NCc2ccccc2)n1. The molecule has 5 heteroatoms. The van der Waals surface area contributed by atoms with Gasteiger partial charge in [-0.1, -0.05) is 30.3 Å². The highest BCUT2D eigenvalue weighted by Crippen LogP contribution is 2.13. The lowest BCUT2D eigenvalue weighted by Gasteiger charge is -2.08. The molecule has 0 spiro atoms. The number of nitrogens with one attached hydrogen (secondary N) is 2. The third-order valence-electron chi connectivity index (χ3n) is 2.38. The van der Waals surface area contributed by atoms with Gasteiger partial charge in [-0.05, 0) is 12.5 Å². The lowest BCUT2D eigenvalue weighted by atomic mass is 10.2. The predicted molar refractivity (Wildman–Crippen MR) is 69.9 cm³/mol. The fraction of sp³-hybridized carbons (Fsp3) is 0.231. The maximum atomic E-state index is 13.5. The Balaban J connectivity index is 2.06. The standard InChI is InChI=1S/C13H15FN4/c1-2-15-13-17-9-11(14)12(18-13)16-8-10-6-4-3-5-7-10/h3-7,9H,2,8H2,1H3,(H2,15,16,17,18). The molecule has 2 rings (SSSR count). The maximum absolute atomic E-state index is 13.5. The van der Waals surface area contributed by atoms with Crippen LogP contribution in [0.25, 0.3) is 0 Å². The number of aromatic nitrogens is 2. The van der Waals surface area contributed by atoms with Crippen LogP contribution in [0.4, 0.5) is 16.2 Å². The first-order valence-electron chi connectivity index (χ1n) is 5.84. The minimum Gasteiger partial charge on any atom is -0.363 e. The molecule has 1 heterocycles. The zero-order chi connectivity index (χ0) is 12.8. The number of hydrogen-bond donors (Lipinski definition) is 2. The van der Waals surface area contributed by atoms with Gasteiger partial charge in [0.2, 0.25) is 5.95 Å². The molecule has 0 amide bonds. The molecule has 4 nitrogen and oxygen atoms in total. The molecule has 0 saturated carbocycles. The van der Waals surface area contributed by atoms with Crippen LogP contribution < -0.4 is 10.6 Å². The van der Waals surface area contributed by atoms with E-state index in [1.54, 1.807) is 0 Å². The van der Waals surface area contributed by atoms with Crippen LogP contribution in [0.1, 0.15) is 12.5 Å². The van der Waals surface area contributed by atoms with Crippen molar-refractivity contribution in [1.82, 2.24) is 9.97 Å². The number of benzene rings is 1. The summed E-state index contributed by atoms with van der Waals surface area (Å²) < 4.78 is 13.5. The Morgan fingerprint density at radius 3 is 2.67 bits per heavy atom. The van der Waals surface area contributed by atoms with E-state index in [1.165, 1.54) is 6.20 Å². The van der Waals surface area contributed by atoms with Gasteiger partial charge in [-0.2, -0.15) is 4.98 Å². The highest BCUT2D eigenvalue weighted by molar-refractivity contribution is 5.41. The van der Waals surface area contributed by atoms with Crippen molar-refractivity contribution in [2.75, 3.05) is 17.2 Å². The first kappa shape index (κ1) is 12.3. The Morgan fingerprint density at radius 1 is 1.17 bits per heavy atom. The van der Waals surface area contributed by atoms with Gasteiger partial charge >= 0.3 is 0 Å². The number of rotatable bonds is 5. The highest BCUT2D eigenvalue weighted by atomic mass is 19.1. The molecule has 94 valence electrons. The van der Waals surface area contributed by atoms with E-state index < -0.39 is 5.82 Å². The summed E-state index contributed by atoms with van der Waals surface area (Å²) in [5.41, 5.74) is 1.07. The van der Waals surface area contributed by atoms with Gasteiger partial charge in [-0.15, -0.1) is 0 Å². The number of anilines is 2. The summed E-state index contributed by atoms with van der Waals surface area (Å²) in [4.78, 5) is 7.92. The van der Waals surface area contributed by atoms with E-state index in [1.807, 2.05) is 37.3 Å². The lowest BCUT2D eigenvalue weighted by molar-refractivity contribution is 0.617. The summed E-state index contributed by atoms with van der Waals surface area (Å²) >= 11 is 0. The molecule has 0 unspecified atom stereocenters. The molecule has 0 aliphatic rings. The number of halogens is 1. The van der Waals surface area contributed by atoms with Gasteiger partial charge in [-0.3, -0.25) is 0 Å². The molecule has 2 aromatic rings. The fourth-order valence-electron chi connectivity index (χ4n) is 1.52. The summed E-state index contributed by atoms with van der Waals surface area (Å²) in [7, 11) is 0. The van der Waals surface area contributed by atoms with Crippen molar-refractivity contribution < 1.29 is 4.39 Å². The predicted octanol–water partition coefficient (Wildman–Crippen LogP) is 2.66. The third kappa shape index (κ3) is 3.16. The van der Waals surface area contributed by atoms with Crippen LogP contribution in [0.15, 0.2) is 36.5 Å². The molecule has 0 atom stereocenters. The topological polar surface area (TPSA) is 49.8 Å². The summed E-state index contributed by atoms with van der Waals surface area (Å²) in [6.45, 7) is 3.16.